The summed E-state index contributed by atoms with van der Waals surface area (Å²) in [4.78, 5) is 27.6. The van der Waals surface area contributed by atoms with E-state index in [-0.39, 0.29) is 17.1 Å². The van der Waals surface area contributed by atoms with Gasteiger partial charge in [-0.1, -0.05) is 17.3 Å². The van der Waals surface area contributed by atoms with Gasteiger partial charge in [-0.25, -0.2) is 9.18 Å². The summed E-state index contributed by atoms with van der Waals surface area (Å²) in [6.45, 7) is 3.53. The predicted molar refractivity (Wildman–Crippen MR) is 106 cm³/mol. The number of hydrogen-bond acceptors (Lipinski definition) is 6. The molecule has 10 heteroatoms. The van der Waals surface area contributed by atoms with Gasteiger partial charge in [0.25, 0.3) is 0 Å². The minimum Gasteiger partial charge on any atom is -0.380 e. The lowest BCUT2D eigenvalue weighted by molar-refractivity contribution is -0.386. The van der Waals surface area contributed by atoms with Crippen LogP contribution >= 0.6 is 0 Å². The lowest BCUT2D eigenvalue weighted by atomic mass is 10.1. The molecule has 3 rings (SSSR count). The van der Waals surface area contributed by atoms with Crippen molar-refractivity contribution in [1.82, 2.24) is 9.78 Å². The molecule has 0 saturated heterocycles. The average molecular weight is 411 g/mol. The van der Waals surface area contributed by atoms with Gasteiger partial charge in [-0.2, -0.15) is 5.10 Å². The van der Waals surface area contributed by atoms with Crippen LogP contribution in [0.5, 0.6) is 0 Å². The molecule has 2 aromatic carbocycles. The molecule has 9 nitrogen and oxygen atoms in total. The molecule has 0 spiro atoms. The lowest BCUT2D eigenvalue weighted by Crippen LogP contribution is -2.15. The topological polar surface area (TPSA) is 126 Å². The number of halogens is 1. The Balaban J connectivity index is 1.67. The number of amidine groups is 1. The van der Waals surface area contributed by atoms with Crippen LogP contribution in [0.1, 0.15) is 32.9 Å². The fourth-order valence-electron chi connectivity index (χ4n) is 2.84. The van der Waals surface area contributed by atoms with E-state index in [2.05, 4.69) is 10.3 Å². The van der Waals surface area contributed by atoms with Gasteiger partial charge in [0.1, 0.15) is 17.2 Å². The molecule has 0 atom stereocenters. The van der Waals surface area contributed by atoms with Crippen molar-refractivity contribution in [2.75, 3.05) is 0 Å². The third kappa shape index (κ3) is 4.49. The largest absolute Gasteiger partial charge is 0.380 e. The Hall–Kier alpha value is -4.08. The van der Waals surface area contributed by atoms with Crippen molar-refractivity contribution >= 4 is 17.5 Å². The molecular weight excluding hydrogens is 393 g/mol. The maximum atomic E-state index is 12.9. The van der Waals surface area contributed by atoms with Crippen LogP contribution in [-0.4, -0.2) is 26.5 Å². The van der Waals surface area contributed by atoms with Crippen LogP contribution in [0.15, 0.2) is 53.7 Å². The smallest absolute Gasteiger partial charge is 0.365 e. The molecule has 0 radical (unpaired) electrons. The molecule has 0 aliphatic rings. The first-order valence-corrected chi connectivity index (χ1v) is 8.84. The van der Waals surface area contributed by atoms with E-state index in [1.54, 1.807) is 38.1 Å². The lowest BCUT2D eigenvalue weighted by Gasteiger charge is -2.05. The minimum absolute atomic E-state index is 0.00759. The number of rotatable bonds is 6. The van der Waals surface area contributed by atoms with E-state index >= 15 is 0 Å². The second kappa shape index (κ2) is 8.52. The van der Waals surface area contributed by atoms with Gasteiger partial charge in [-0.3, -0.25) is 14.8 Å². The molecule has 1 aromatic heterocycles. The van der Waals surface area contributed by atoms with E-state index in [1.807, 2.05) is 0 Å². The van der Waals surface area contributed by atoms with Crippen molar-refractivity contribution in [2.24, 2.45) is 10.9 Å². The molecule has 0 unspecified atom stereocenters. The fourth-order valence-corrected chi connectivity index (χ4v) is 2.84. The van der Waals surface area contributed by atoms with Crippen LogP contribution in [0, 0.1) is 29.8 Å². The third-order valence-corrected chi connectivity index (χ3v) is 4.41. The van der Waals surface area contributed by atoms with Gasteiger partial charge in [0, 0.05) is 5.56 Å². The van der Waals surface area contributed by atoms with Crippen molar-refractivity contribution in [3.05, 3.63) is 92.5 Å². The third-order valence-electron chi connectivity index (χ3n) is 4.41. The number of carbonyl (C=O) groups excluding carboxylic acids is 1. The Bertz CT molecular complexity index is 1120. The molecular formula is C20H18FN5O4. The van der Waals surface area contributed by atoms with Crippen LogP contribution in [-0.2, 0) is 11.4 Å². The highest BCUT2D eigenvalue weighted by Crippen LogP contribution is 2.22. The van der Waals surface area contributed by atoms with Crippen molar-refractivity contribution in [2.45, 2.75) is 20.4 Å². The molecule has 3 aromatic rings. The Kier molecular flexibility index (Phi) is 5.86. The zero-order chi connectivity index (χ0) is 21.8. The van der Waals surface area contributed by atoms with Crippen molar-refractivity contribution in [3.63, 3.8) is 0 Å². The number of oxime groups is 1. The number of hydrogen-bond donors (Lipinski definition) is 1. The zero-order valence-corrected chi connectivity index (χ0v) is 16.2. The number of nitro groups is 1. The molecule has 0 saturated carbocycles. The molecule has 30 heavy (non-hydrogen) atoms. The van der Waals surface area contributed by atoms with Crippen LogP contribution < -0.4 is 5.73 Å². The molecule has 0 fully saturated rings. The summed E-state index contributed by atoms with van der Waals surface area (Å²) in [6.07, 6.45) is 0. The van der Waals surface area contributed by atoms with Crippen LogP contribution in [0.2, 0.25) is 0 Å². The highest BCUT2D eigenvalue weighted by Gasteiger charge is 2.21. The van der Waals surface area contributed by atoms with E-state index in [1.165, 1.54) is 28.9 Å². The quantitative estimate of drug-likeness (QED) is 0.218. The van der Waals surface area contributed by atoms with Crippen molar-refractivity contribution < 1.29 is 18.9 Å². The molecule has 0 aliphatic heterocycles. The Morgan fingerprint density at radius 1 is 1.17 bits per heavy atom. The fraction of sp³-hybridized carbons (Fsp3) is 0.150. The Morgan fingerprint density at radius 2 is 1.77 bits per heavy atom. The monoisotopic (exact) mass is 411 g/mol. The number of aryl methyl sites for hydroxylation is 1. The summed E-state index contributed by atoms with van der Waals surface area (Å²) >= 11 is 0. The van der Waals surface area contributed by atoms with Crippen molar-refractivity contribution in [3.8, 4) is 0 Å². The molecule has 2 N–H and O–H groups in total. The minimum atomic E-state index is -0.714. The maximum absolute atomic E-state index is 12.9. The van der Waals surface area contributed by atoms with Crippen LogP contribution in [0.4, 0.5) is 10.1 Å². The summed E-state index contributed by atoms with van der Waals surface area (Å²) in [6, 6.07) is 11.7. The van der Waals surface area contributed by atoms with Gasteiger partial charge in [0.15, 0.2) is 5.84 Å². The van der Waals surface area contributed by atoms with Crippen LogP contribution in [0.25, 0.3) is 0 Å². The summed E-state index contributed by atoms with van der Waals surface area (Å²) < 4.78 is 14.5. The first-order chi connectivity index (χ1) is 14.3. The predicted octanol–water partition coefficient (Wildman–Crippen LogP) is 3.07. The molecule has 0 aliphatic carbocycles. The van der Waals surface area contributed by atoms with Gasteiger partial charge < -0.3 is 10.6 Å². The highest BCUT2D eigenvalue weighted by molar-refractivity contribution is 5.98. The van der Waals surface area contributed by atoms with E-state index in [0.717, 1.165) is 5.56 Å². The summed E-state index contributed by atoms with van der Waals surface area (Å²) in [5, 5.41) is 18.9. The van der Waals surface area contributed by atoms with Crippen molar-refractivity contribution in [1.29, 1.82) is 0 Å². The van der Waals surface area contributed by atoms with Gasteiger partial charge in [0.2, 0.25) is 0 Å². The second-order valence-electron chi connectivity index (χ2n) is 6.49. The van der Waals surface area contributed by atoms with Gasteiger partial charge in [0.05, 0.1) is 17.0 Å². The molecule has 0 bridgehead atoms. The molecule has 1 heterocycles. The standard InChI is InChI=1S/C20H18FN5O4/c1-12-18(26(28)29)13(2)25(23-12)11-14-3-5-16(6-4-14)20(27)30-24-19(22)15-7-9-17(21)10-8-15/h3-10H,11H2,1-2H3,(H2,22,24). The van der Waals surface area contributed by atoms with Gasteiger partial charge >= 0.3 is 11.7 Å². The van der Waals surface area contributed by atoms with E-state index in [9.17, 15) is 19.3 Å². The van der Waals surface area contributed by atoms with Gasteiger partial charge in [-0.05, 0) is 55.8 Å². The van der Waals surface area contributed by atoms with E-state index in [0.29, 0.717) is 23.5 Å². The second-order valence-corrected chi connectivity index (χ2v) is 6.49. The Labute approximate surface area is 170 Å². The Morgan fingerprint density at radius 3 is 2.33 bits per heavy atom. The number of nitrogens with two attached hydrogens (primary N) is 1. The first kappa shape index (κ1) is 20.6. The average Bonchev–Trinajstić information content (AvgIpc) is 3.00. The number of benzene rings is 2. The van der Waals surface area contributed by atoms with E-state index < -0.39 is 16.7 Å². The maximum Gasteiger partial charge on any atom is 0.365 e. The SMILES string of the molecule is Cc1nn(Cc2ccc(C(=O)O/N=C(\N)c3ccc(F)cc3)cc2)c(C)c1[N+](=O)[O-]. The summed E-state index contributed by atoms with van der Waals surface area (Å²) in [7, 11) is 0. The number of carbonyl (C=O) groups is 1. The summed E-state index contributed by atoms with van der Waals surface area (Å²) in [5.41, 5.74) is 7.96. The highest BCUT2D eigenvalue weighted by atomic mass is 19.1. The number of aromatic nitrogens is 2. The first-order valence-electron chi connectivity index (χ1n) is 8.84. The normalized spacial score (nSPS) is 11.4. The number of nitrogens with zero attached hydrogens (tertiary/aromatic N) is 4. The van der Waals surface area contributed by atoms with E-state index in [4.69, 9.17) is 10.6 Å². The molecule has 154 valence electrons. The van der Waals surface area contributed by atoms with Gasteiger partial charge in [-0.15, -0.1) is 0 Å². The van der Waals surface area contributed by atoms with Crippen LogP contribution in [0.3, 0.4) is 0 Å². The molecule has 0 amide bonds. The zero-order valence-electron chi connectivity index (χ0n) is 16.2. The summed E-state index contributed by atoms with van der Waals surface area (Å²) in [5.74, 6) is -1.20.